The molecule has 0 N–H and O–H groups in total. The van der Waals surface area contributed by atoms with Gasteiger partial charge in [-0.1, -0.05) is 121 Å². The van der Waals surface area contributed by atoms with E-state index in [1.807, 2.05) is 91.0 Å². The Morgan fingerprint density at radius 3 is 1.69 bits per heavy atom. The molecule has 15 heteroatoms. The van der Waals surface area contributed by atoms with Crippen molar-refractivity contribution in [1.82, 2.24) is 4.90 Å². The summed E-state index contributed by atoms with van der Waals surface area (Å²) in [6.45, 7) is 2.32. The van der Waals surface area contributed by atoms with Crippen molar-refractivity contribution >= 4 is 29.8 Å². The van der Waals surface area contributed by atoms with Crippen LogP contribution >= 0.6 is 0 Å². The molecule has 1 fully saturated rings. The molecular formula is C60H63NO14. The Bertz CT molecular complexity index is 2690. The summed E-state index contributed by atoms with van der Waals surface area (Å²) in [4.78, 5) is 67.1. The molecule has 1 aliphatic heterocycles. The van der Waals surface area contributed by atoms with Crippen LogP contribution in [0.15, 0.2) is 170 Å². The van der Waals surface area contributed by atoms with Gasteiger partial charge >= 0.3 is 24.0 Å². The minimum absolute atomic E-state index is 0.0365. The maximum atomic E-state index is 13.9. The number of methoxy groups -OCH3 is 1. The van der Waals surface area contributed by atoms with E-state index in [1.165, 1.54) is 6.92 Å². The molecule has 5 atom stereocenters. The first-order valence-electron chi connectivity index (χ1n) is 25.0. The number of unbranched alkanes of at least 4 members (excludes halogenated alkanes) is 2. The summed E-state index contributed by atoms with van der Waals surface area (Å²) in [6, 6.07) is 50.6. The lowest BCUT2D eigenvalue weighted by atomic mass is 9.97. The SMILES string of the molecule is COc1ccc(OC[C@@H]2O[C@@H](OCCCCCN(Cc3ccccc3)C(=O)OCc3ccc(COC(=O)c4ccccc4)cc3)[C@H](OC(=O)c3ccccc3)[C@@H](OCc3ccccc3)[C@@H]2OC(=O)CCC(C)=O)cc1. The van der Waals surface area contributed by atoms with E-state index in [0.29, 0.717) is 49.4 Å². The molecule has 0 aromatic heterocycles. The molecule has 1 aliphatic rings. The molecule has 0 bridgehead atoms. The molecule has 0 spiro atoms. The third-order valence-corrected chi connectivity index (χ3v) is 12.1. The fourth-order valence-electron chi connectivity index (χ4n) is 8.07. The van der Waals surface area contributed by atoms with Crippen LogP contribution in [0.4, 0.5) is 4.79 Å². The lowest BCUT2D eigenvalue weighted by Gasteiger charge is -2.45. The van der Waals surface area contributed by atoms with E-state index in [-0.39, 0.29) is 57.2 Å². The molecule has 75 heavy (non-hydrogen) atoms. The van der Waals surface area contributed by atoms with Crippen LogP contribution in [0.5, 0.6) is 11.5 Å². The highest BCUT2D eigenvalue weighted by Crippen LogP contribution is 2.32. The van der Waals surface area contributed by atoms with Gasteiger partial charge in [-0.2, -0.15) is 0 Å². The standard InChI is InChI=1S/C60H63NO14/c1-43(62)26-35-53(63)74-54-52(42-69-51-33-31-50(67-2)32-34-51)73-59(56(75-58(65)49-24-14-6-15-25-49)55(54)70-39-45-20-10-4-11-21-45)68-37-17-7-16-36-61(38-44-18-8-3-9-19-44)60(66)72-41-47-29-27-46(28-30-47)40-71-57(64)48-22-12-5-13-23-48/h3-6,8-15,18-25,27-34,52,54-56,59H,7,16-17,26,35-42H2,1-2H3/t52-,54+,55-,56+,59+/m0/s1. The zero-order valence-corrected chi connectivity index (χ0v) is 42.2. The lowest BCUT2D eigenvalue weighted by molar-refractivity contribution is -0.309. The third kappa shape index (κ3) is 17.7. The highest BCUT2D eigenvalue weighted by Gasteiger charge is 2.52. The van der Waals surface area contributed by atoms with Crippen LogP contribution in [0.25, 0.3) is 0 Å². The number of hydrogen-bond donors (Lipinski definition) is 0. The van der Waals surface area contributed by atoms with Gasteiger partial charge in [0.05, 0.1) is 31.3 Å². The number of Topliss-reactive ketones (excluding diaryl/α,β-unsaturated/α-hetero) is 1. The van der Waals surface area contributed by atoms with Crippen LogP contribution < -0.4 is 9.47 Å². The molecule has 0 saturated carbocycles. The van der Waals surface area contributed by atoms with Gasteiger partial charge in [0.1, 0.15) is 49.3 Å². The van der Waals surface area contributed by atoms with Crippen molar-refractivity contribution in [3.05, 3.63) is 203 Å². The quantitative estimate of drug-likeness (QED) is 0.0271. The van der Waals surface area contributed by atoms with E-state index >= 15 is 0 Å². The number of nitrogens with zero attached hydrogens (tertiary/aromatic N) is 1. The summed E-state index contributed by atoms with van der Waals surface area (Å²) in [5, 5.41) is 0. The first-order chi connectivity index (χ1) is 36.6. The number of rotatable bonds is 27. The number of carbonyl (C=O) groups excluding carboxylic acids is 5. The zero-order chi connectivity index (χ0) is 52.6. The van der Waals surface area contributed by atoms with Gasteiger partial charge in [0.15, 0.2) is 18.5 Å². The van der Waals surface area contributed by atoms with E-state index < -0.39 is 54.7 Å². The Balaban J connectivity index is 1.03. The van der Waals surface area contributed by atoms with Crippen molar-refractivity contribution in [2.45, 2.75) is 96.1 Å². The van der Waals surface area contributed by atoms with Crippen LogP contribution in [0, 0.1) is 0 Å². The smallest absolute Gasteiger partial charge is 0.410 e. The zero-order valence-electron chi connectivity index (χ0n) is 42.2. The van der Waals surface area contributed by atoms with E-state index in [9.17, 15) is 24.0 Å². The maximum absolute atomic E-state index is 13.9. The summed E-state index contributed by atoms with van der Waals surface area (Å²) in [5.41, 5.74) is 4.06. The van der Waals surface area contributed by atoms with Crippen LogP contribution in [-0.2, 0) is 69.1 Å². The molecule has 0 unspecified atom stereocenters. The number of hydrogen-bond acceptors (Lipinski definition) is 14. The monoisotopic (exact) mass is 1020 g/mol. The van der Waals surface area contributed by atoms with Crippen molar-refractivity contribution in [1.29, 1.82) is 0 Å². The molecule has 0 aliphatic carbocycles. The first kappa shape index (κ1) is 54.9. The second-order valence-corrected chi connectivity index (χ2v) is 17.8. The normalized spacial score (nSPS) is 17.0. The van der Waals surface area contributed by atoms with Gasteiger partial charge < -0.3 is 52.3 Å². The fraction of sp³-hybridized carbons (Fsp3) is 0.317. The van der Waals surface area contributed by atoms with Crippen molar-refractivity contribution in [3.63, 3.8) is 0 Å². The summed E-state index contributed by atoms with van der Waals surface area (Å²) < 4.78 is 54.9. The molecule has 6 aromatic carbocycles. The van der Waals surface area contributed by atoms with Crippen molar-refractivity contribution in [3.8, 4) is 11.5 Å². The number of amides is 1. The number of carbonyl (C=O) groups is 5. The Hall–Kier alpha value is -7.85. The van der Waals surface area contributed by atoms with Gasteiger partial charge in [0.2, 0.25) is 0 Å². The summed E-state index contributed by atoms with van der Waals surface area (Å²) in [5.74, 6) is -0.831. The number of benzene rings is 6. The fourth-order valence-corrected chi connectivity index (χ4v) is 8.07. The summed E-state index contributed by atoms with van der Waals surface area (Å²) in [6.07, 6.45) is -4.77. The molecule has 1 saturated heterocycles. The summed E-state index contributed by atoms with van der Waals surface area (Å²) in [7, 11) is 1.56. The van der Waals surface area contributed by atoms with E-state index in [4.69, 9.17) is 42.6 Å². The van der Waals surface area contributed by atoms with Gasteiger partial charge in [-0.05, 0) is 97.0 Å². The molecular weight excluding hydrogens is 959 g/mol. The highest BCUT2D eigenvalue weighted by molar-refractivity contribution is 5.90. The van der Waals surface area contributed by atoms with Crippen LogP contribution in [0.3, 0.4) is 0 Å². The number of ketones is 1. The lowest BCUT2D eigenvalue weighted by Crippen LogP contribution is -2.62. The van der Waals surface area contributed by atoms with Gasteiger partial charge in [0, 0.05) is 26.1 Å². The Kier molecular flexibility index (Phi) is 21.3. The van der Waals surface area contributed by atoms with E-state index in [1.54, 1.807) is 90.9 Å². The second-order valence-electron chi connectivity index (χ2n) is 17.8. The van der Waals surface area contributed by atoms with Gasteiger partial charge in [-0.25, -0.2) is 14.4 Å². The average Bonchev–Trinajstić information content (AvgIpc) is 3.45. The average molecular weight is 1020 g/mol. The highest BCUT2D eigenvalue weighted by atomic mass is 16.7. The van der Waals surface area contributed by atoms with Crippen LogP contribution in [0.2, 0.25) is 0 Å². The van der Waals surface area contributed by atoms with Crippen LogP contribution in [-0.4, -0.2) is 92.3 Å². The Morgan fingerprint density at radius 1 is 0.520 bits per heavy atom. The predicted octanol–water partition coefficient (Wildman–Crippen LogP) is 10.3. The van der Waals surface area contributed by atoms with Crippen LogP contribution in [0.1, 0.15) is 82.0 Å². The predicted molar refractivity (Wildman–Crippen MR) is 276 cm³/mol. The van der Waals surface area contributed by atoms with Crippen molar-refractivity contribution < 1.29 is 66.6 Å². The minimum Gasteiger partial charge on any atom is -0.497 e. The topological polar surface area (TPSA) is 172 Å². The first-order valence-corrected chi connectivity index (χ1v) is 25.0. The number of esters is 3. The summed E-state index contributed by atoms with van der Waals surface area (Å²) >= 11 is 0. The molecule has 1 amide bonds. The van der Waals surface area contributed by atoms with E-state index in [2.05, 4.69) is 0 Å². The van der Waals surface area contributed by atoms with Crippen molar-refractivity contribution in [2.24, 2.45) is 0 Å². The van der Waals surface area contributed by atoms with E-state index in [0.717, 1.165) is 22.3 Å². The Morgan fingerprint density at radius 2 is 1.08 bits per heavy atom. The second kappa shape index (κ2) is 29.1. The van der Waals surface area contributed by atoms with Gasteiger partial charge in [-0.3, -0.25) is 4.79 Å². The molecule has 392 valence electrons. The van der Waals surface area contributed by atoms with Gasteiger partial charge in [0.25, 0.3) is 0 Å². The molecule has 1 heterocycles. The number of ether oxygens (including phenoxy) is 9. The Labute approximate surface area is 437 Å². The molecule has 7 rings (SSSR count). The molecule has 0 radical (unpaired) electrons. The minimum atomic E-state index is -1.26. The third-order valence-electron chi connectivity index (χ3n) is 12.1. The molecule has 15 nitrogen and oxygen atoms in total. The van der Waals surface area contributed by atoms with Gasteiger partial charge in [-0.15, -0.1) is 0 Å². The molecule has 6 aromatic rings. The van der Waals surface area contributed by atoms with Crippen molar-refractivity contribution in [2.75, 3.05) is 26.9 Å². The largest absolute Gasteiger partial charge is 0.497 e. The maximum Gasteiger partial charge on any atom is 0.410 e.